The van der Waals surface area contributed by atoms with E-state index in [0.717, 1.165) is 11.8 Å². The van der Waals surface area contributed by atoms with Crippen molar-refractivity contribution in [2.45, 2.75) is 5.16 Å². The predicted octanol–water partition coefficient (Wildman–Crippen LogP) is 2.58. The van der Waals surface area contributed by atoms with Crippen LogP contribution in [0.25, 0.3) is 11.3 Å². The first-order valence-corrected chi connectivity index (χ1v) is 9.25. The van der Waals surface area contributed by atoms with Gasteiger partial charge in [0.1, 0.15) is 11.5 Å². The summed E-state index contributed by atoms with van der Waals surface area (Å²) in [7, 11) is 3.12. The van der Waals surface area contributed by atoms with Gasteiger partial charge in [0, 0.05) is 17.3 Å². The molecule has 8 nitrogen and oxygen atoms in total. The van der Waals surface area contributed by atoms with Gasteiger partial charge in [-0.05, 0) is 36.4 Å². The van der Waals surface area contributed by atoms with Crippen molar-refractivity contribution in [3.05, 3.63) is 58.9 Å². The Hall–Kier alpha value is -3.33. The molecule has 2 aromatic carbocycles. The number of H-pyrrole nitrogens is 1. The molecule has 1 heterocycles. The molecule has 0 unspecified atom stereocenters. The second-order valence-electron chi connectivity index (χ2n) is 5.61. The summed E-state index contributed by atoms with van der Waals surface area (Å²) in [6, 6.07) is 14.0. The van der Waals surface area contributed by atoms with E-state index in [2.05, 4.69) is 20.5 Å². The van der Waals surface area contributed by atoms with E-state index in [1.54, 1.807) is 62.8 Å². The van der Waals surface area contributed by atoms with Crippen molar-refractivity contribution in [1.29, 1.82) is 0 Å². The minimum atomic E-state index is -0.379. The number of anilines is 1. The average Bonchev–Trinajstić information content (AvgIpc) is 2.72. The highest BCUT2D eigenvalue weighted by Gasteiger charge is 2.10. The smallest absolute Gasteiger partial charge is 0.278 e. The van der Waals surface area contributed by atoms with Crippen LogP contribution >= 0.6 is 11.8 Å². The molecule has 28 heavy (non-hydrogen) atoms. The lowest BCUT2D eigenvalue weighted by atomic mass is 10.1. The lowest BCUT2D eigenvalue weighted by molar-refractivity contribution is -0.113. The largest absolute Gasteiger partial charge is 0.497 e. The molecule has 0 saturated carbocycles. The molecular weight excluding hydrogens is 380 g/mol. The molecule has 0 atom stereocenters. The van der Waals surface area contributed by atoms with Gasteiger partial charge in [0.15, 0.2) is 10.9 Å². The molecule has 0 spiro atoms. The number of nitrogens with zero attached hydrogens (tertiary/aromatic N) is 2. The van der Waals surface area contributed by atoms with Crippen molar-refractivity contribution in [2.75, 3.05) is 25.3 Å². The van der Waals surface area contributed by atoms with Crippen molar-refractivity contribution < 1.29 is 14.3 Å². The van der Waals surface area contributed by atoms with Crippen LogP contribution in [0.4, 0.5) is 5.69 Å². The van der Waals surface area contributed by atoms with Gasteiger partial charge in [-0.2, -0.15) is 0 Å². The number of nitrogens with one attached hydrogen (secondary N) is 2. The molecule has 0 aliphatic heterocycles. The molecule has 3 rings (SSSR count). The maximum atomic E-state index is 12.3. The van der Waals surface area contributed by atoms with Gasteiger partial charge in [0.25, 0.3) is 5.56 Å². The van der Waals surface area contributed by atoms with Crippen molar-refractivity contribution in [2.24, 2.45) is 0 Å². The Kier molecular flexibility index (Phi) is 6.28. The molecule has 1 amide bonds. The van der Waals surface area contributed by atoms with Gasteiger partial charge in [0.05, 0.1) is 20.0 Å². The van der Waals surface area contributed by atoms with E-state index in [-0.39, 0.29) is 28.1 Å². The summed E-state index contributed by atoms with van der Waals surface area (Å²) in [5, 5.41) is 11.0. The fourth-order valence-electron chi connectivity index (χ4n) is 2.36. The van der Waals surface area contributed by atoms with Gasteiger partial charge in [-0.15, -0.1) is 10.2 Å². The minimum absolute atomic E-state index is 0.0731. The number of rotatable bonds is 7. The Bertz CT molecular complexity index is 1020. The van der Waals surface area contributed by atoms with Crippen LogP contribution in [0.2, 0.25) is 0 Å². The van der Waals surface area contributed by atoms with Crippen LogP contribution in [0.5, 0.6) is 11.5 Å². The fourth-order valence-corrected chi connectivity index (χ4v) is 2.96. The van der Waals surface area contributed by atoms with E-state index in [9.17, 15) is 9.59 Å². The number of hydrogen-bond donors (Lipinski definition) is 2. The first-order chi connectivity index (χ1) is 13.6. The molecule has 2 N–H and O–H groups in total. The first-order valence-electron chi connectivity index (χ1n) is 8.27. The third-order valence-corrected chi connectivity index (χ3v) is 4.60. The summed E-state index contributed by atoms with van der Waals surface area (Å²) >= 11 is 1.09. The number of hydrogen-bond acceptors (Lipinski definition) is 7. The number of methoxy groups -OCH3 is 2. The molecule has 0 aliphatic carbocycles. The quantitative estimate of drug-likeness (QED) is 0.589. The SMILES string of the molecule is COc1ccc(-c2nnc(SCC(=O)Nc3cccc(OC)c3)[nH]c2=O)cc1. The van der Waals surface area contributed by atoms with Crippen LogP contribution in [-0.2, 0) is 4.79 Å². The summed E-state index contributed by atoms with van der Waals surface area (Å²) in [6.45, 7) is 0. The summed E-state index contributed by atoms with van der Waals surface area (Å²) in [5.41, 5.74) is 1.07. The third-order valence-electron chi connectivity index (χ3n) is 3.73. The molecule has 0 radical (unpaired) electrons. The molecule has 9 heteroatoms. The number of benzene rings is 2. The van der Waals surface area contributed by atoms with Crippen molar-refractivity contribution >= 4 is 23.4 Å². The Balaban J connectivity index is 1.62. The molecular formula is C19H18N4O4S. The number of ether oxygens (including phenoxy) is 2. The predicted molar refractivity (Wildman–Crippen MR) is 107 cm³/mol. The summed E-state index contributed by atoms with van der Waals surface area (Å²) in [5.74, 6) is 1.17. The van der Waals surface area contributed by atoms with Gasteiger partial charge >= 0.3 is 0 Å². The van der Waals surface area contributed by atoms with Gasteiger partial charge in [-0.3, -0.25) is 14.6 Å². The van der Waals surface area contributed by atoms with E-state index < -0.39 is 0 Å². The van der Waals surface area contributed by atoms with E-state index in [1.807, 2.05) is 0 Å². The van der Waals surface area contributed by atoms with Crippen LogP contribution in [0.15, 0.2) is 58.5 Å². The van der Waals surface area contributed by atoms with E-state index in [0.29, 0.717) is 22.7 Å². The molecule has 1 aromatic heterocycles. The topological polar surface area (TPSA) is 106 Å². The van der Waals surface area contributed by atoms with Crippen LogP contribution in [0.3, 0.4) is 0 Å². The summed E-state index contributed by atoms with van der Waals surface area (Å²) < 4.78 is 10.2. The zero-order valence-electron chi connectivity index (χ0n) is 15.3. The van der Waals surface area contributed by atoms with Crippen molar-refractivity contribution in [3.63, 3.8) is 0 Å². The Labute approximate surface area is 165 Å². The van der Waals surface area contributed by atoms with Crippen LogP contribution in [0.1, 0.15) is 0 Å². The number of amides is 1. The number of aromatic amines is 1. The highest BCUT2D eigenvalue weighted by molar-refractivity contribution is 7.99. The van der Waals surface area contributed by atoms with E-state index in [1.165, 1.54) is 0 Å². The lowest BCUT2D eigenvalue weighted by Gasteiger charge is -2.07. The molecule has 144 valence electrons. The van der Waals surface area contributed by atoms with Gasteiger partial charge < -0.3 is 14.8 Å². The summed E-state index contributed by atoms with van der Waals surface area (Å²) in [4.78, 5) is 27.0. The monoisotopic (exact) mass is 398 g/mol. The zero-order chi connectivity index (χ0) is 19.9. The van der Waals surface area contributed by atoms with Gasteiger partial charge in [0.2, 0.25) is 5.91 Å². The molecule has 3 aromatic rings. The second kappa shape index (κ2) is 9.05. The minimum Gasteiger partial charge on any atom is -0.497 e. The number of aromatic nitrogens is 3. The third kappa shape index (κ3) is 4.89. The first kappa shape index (κ1) is 19.4. The number of carbonyl (C=O) groups excluding carboxylic acids is 1. The second-order valence-corrected chi connectivity index (χ2v) is 6.57. The van der Waals surface area contributed by atoms with Crippen LogP contribution in [0, 0.1) is 0 Å². The Morgan fingerprint density at radius 1 is 1.07 bits per heavy atom. The average molecular weight is 398 g/mol. The Morgan fingerprint density at radius 3 is 2.50 bits per heavy atom. The maximum absolute atomic E-state index is 12.3. The highest BCUT2D eigenvalue weighted by atomic mass is 32.2. The number of carbonyl (C=O) groups is 1. The normalized spacial score (nSPS) is 10.4. The molecule has 0 bridgehead atoms. The standard InChI is InChI=1S/C19H18N4O4S/c1-26-14-8-6-12(7-9-14)17-18(25)21-19(23-22-17)28-11-16(24)20-13-4-3-5-15(10-13)27-2/h3-10H,11H2,1-2H3,(H,20,24)(H,21,23,25). The van der Waals surface area contributed by atoms with Crippen molar-refractivity contribution in [1.82, 2.24) is 15.2 Å². The number of thioether (sulfide) groups is 1. The summed E-state index contributed by atoms with van der Waals surface area (Å²) in [6.07, 6.45) is 0. The highest BCUT2D eigenvalue weighted by Crippen LogP contribution is 2.19. The van der Waals surface area contributed by atoms with Gasteiger partial charge in [-0.1, -0.05) is 17.8 Å². The van der Waals surface area contributed by atoms with Crippen molar-refractivity contribution in [3.8, 4) is 22.8 Å². The fraction of sp³-hybridized carbons (Fsp3) is 0.158. The molecule has 0 fully saturated rings. The van der Waals surface area contributed by atoms with Crippen LogP contribution < -0.4 is 20.3 Å². The molecule has 0 aliphatic rings. The Morgan fingerprint density at radius 2 is 1.82 bits per heavy atom. The van der Waals surface area contributed by atoms with Crippen LogP contribution in [-0.4, -0.2) is 41.1 Å². The van der Waals surface area contributed by atoms with E-state index >= 15 is 0 Å². The van der Waals surface area contributed by atoms with Gasteiger partial charge in [-0.25, -0.2) is 0 Å². The lowest BCUT2D eigenvalue weighted by Crippen LogP contribution is -2.17. The zero-order valence-corrected chi connectivity index (χ0v) is 16.1. The van der Waals surface area contributed by atoms with E-state index in [4.69, 9.17) is 9.47 Å². The molecule has 0 saturated heterocycles. The maximum Gasteiger partial charge on any atom is 0.278 e.